The summed E-state index contributed by atoms with van der Waals surface area (Å²) in [4.78, 5) is 49.4. The number of nitrogen functional groups attached to an aromatic ring is 1. The number of carbonyl (C=O) groups is 3. The summed E-state index contributed by atoms with van der Waals surface area (Å²) in [7, 11) is 0. The number of amides is 2. The van der Waals surface area contributed by atoms with Gasteiger partial charge in [-0.05, 0) is 36.5 Å². The lowest BCUT2D eigenvalue weighted by atomic mass is 10.0. The summed E-state index contributed by atoms with van der Waals surface area (Å²) in [5, 5.41) is 38.9. The van der Waals surface area contributed by atoms with Crippen molar-refractivity contribution in [2.24, 2.45) is 0 Å². The van der Waals surface area contributed by atoms with Crippen molar-refractivity contribution in [3.8, 4) is 0 Å². The highest BCUT2D eigenvalue weighted by Crippen LogP contribution is 2.32. The van der Waals surface area contributed by atoms with Gasteiger partial charge in [-0.25, -0.2) is 9.78 Å². The number of likely N-dealkylation sites (N-methyl/N-ethyl adjacent to an activating group) is 1. The van der Waals surface area contributed by atoms with Gasteiger partial charge in [-0.15, -0.1) is 0 Å². The zero-order valence-electron chi connectivity index (χ0n) is 25.7. The van der Waals surface area contributed by atoms with E-state index in [2.05, 4.69) is 30.9 Å². The Balaban J connectivity index is 1.13. The Morgan fingerprint density at radius 2 is 1.68 bits per heavy atom. The molecular formula is C32H38N8O7. The van der Waals surface area contributed by atoms with Crippen molar-refractivity contribution in [2.75, 3.05) is 24.1 Å². The topological polar surface area (TPSA) is 227 Å². The number of carbonyl (C=O) groups excluding carboxylic acids is 2. The summed E-state index contributed by atoms with van der Waals surface area (Å²) in [5.74, 6) is -1.62. The maximum atomic E-state index is 12.5. The van der Waals surface area contributed by atoms with Crippen molar-refractivity contribution in [2.45, 2.75) is 63.2 Å². The van der Waals surface area contributed by atoms with Crippen LogP contribution in [0.25, 0.3) is 11.2 Å². The number of rotatable bonds is 14. The number of anilines is 2. The van der Waals surface area contributed by atoms with Gasteiger partial charge in [0.25, 0.3) is 5.91 Å². The number of fused-ring (bicyclic) bond motifs is 1. The lowest BCUT2D eigenvalue weighted by Gasteiger charge is -2.16. The van der Waals surface area contributed by atoms with E-state index in [0.717, 1.165) is 16.7 Å². The van der Waals surface area contributed by atoms with Crippen LogP contribution in [0.1, 0.15) is 36.3 Å². The predicted octanol–water partition coefficient (Wildman–Crippen LogP) is 0.563. The van der Waals surface area contributed by atoms with E-state index in [4.69, 9.17) is 10.5 Å². The standard InChI is InChI=1S/C32H38N8O7/c1-2-34-29(44)26-24(42)25(43)30(47-26)40-17-36-23-27(33)38-32(39-28(23)40)35-15-14-19-10-8-18(9-11-19)12-13-22(41)37-21(31(45)46)16-20-6-4-3-5-7-20/h3-11,17,21,24-26,30,42-43H,2,12-16H2,1H3,(H,34,44)(H,37,41)(H,45,46)(H3,33,35,38,39)/t21-,24-,25+,26-,30+/m0/s1. The molecular weight excluding hydrogens is 608 g/mol. The second-order valence-corrected chi connectivity index (χ2v) is 11.2. The first kappa shape index (κ1) is 33.2. The number of hydrogen-bond acceptors (Lipinski definition) is 11. The molecule has 5 rings (SSSR count). The fraction of sp³-hybridized carbons (Fsp3) is 0.375. The molecule has 3 heterocycles. The Hall–Kier alpha value is -5.12. The normalized spacial score (nSPS) is 19.7. The van der Waals surface area contributed by atoms with Crippen LogP contribution in [-0.2, 0) is 38.4 Å². The minimum atomic E-state index is -1.45. The number of carboxylic acids is 1. The van der Waals surface area contributed by atoms with Crippen LogP contribution in [0.5, 0.6) is 0 Å². The van der Waals surface area contributed by atoms with Gasteiger partial charge in [-0.3, -0.25) is 14.2 Å². The van der Waals surface area contributed by atoms with Gasteiger partial charge in [-0.1, -0.05) is 54.6 Å². The molecule has 8 N–H and O–H groups in total. The Labute approximate surface area is 270 Å². The molecule has 1 aliphatic rings. The first-order valence-electron chi connectivity index (χ1n) is 15.3. The maximum absolute atomic E-state index is 12.5. The molecule has 2 aromatic carbocycles. The van der Waals surface area contributed by atoms with Gasteiger partial charge in [0.05, 0.1) is 6.33 Å². The molecule has 0 bridgehead atoms. The minimum Gasteiger partial charge on any atom is -0.480 e. The summed E-state index contributed by atoms with van der Waals surface area (Å²) >= 11 is 0. The number of nitrogens with zero attached hydrogens (tertiary/aromatic N) is 4. The van der Waals surface area contributed by atoms with Gasteiger partial charge in [0, 0.05) is 25.9 Å². The molecule has 0 radical (unpaired) electrons. The van der Waals surface area contributed by atoms with E-state index in [9.17, 15) is 29.7 Å². The minimum absolute atomic E-state index is 0.104. The molecule has 0 saturated carbocycles. The molecule has 0 aliphatic carbocycles. The molecule has 15 heteroatoms. The predicted molar refractivity (Wildman–Crippen MR) is 171 cm³/mol. The molecule has 15 nitrogen and oxygen atoms in total. The van der Waals surface area contributed by atoms with Crippen LogP contribution in [0.3, 0.4) is 0 Å². The summed E-state index contributed by atoms with van der Waals surface area (Å²) in [5.41, 5.74) is 9.46. The molecule has 5 atom stereocenters. The molecule has 0 unspecified atom stereocenters. The maximum Gasteiger partial charge on any atom is 0.326 e. The van der Waals surface area contributed by atoms with Crippen molar-refractivity contribution in [1.82, 2.24) is 30.2 Å². The number of aliphatic carboxylic acids is 1. The summed E-state index contributed by atoms with van der Waals surface area (Å²) < 4.78 is 7.12. The Kier molecular flexibility index (Phi) is 10.6. The van der Waals surface area contributed by atoms with Crippen molar-refractivity contribution in [3.63, 3.8) is 0 Å². The van der Waals surface area contributed by atoms with E-state index in [1.54, 1.807) is 6.92 Å². The number of carboxylic acid groups (broad SMARTS) is 1. The first-order valence-corrected chi connectivity index (χ1v) is 15.3. The van der Waals surface area contributed by atoms with Gasteiger partial charge in [0.2, 0.25) is 11.9 Å². The molecule has 47 heavy (non-hydrogen) atoms. The van der Waals surface area contributed by atoms with Crippen molar-refractivity contribution >= 4 is 40.7 Å². The first-order chi connectivity index (χ1) is 22.6. The van der Waals surface area contributed by atoms with E-state index >= 15 is 0 Å². The molecule has 1 saturated heterocycles. The average Bonchev–Trinajstić information content (AvgIpc) is 3.61. The van der Waals surface area contributed by atoms with Crippen molar-refractivity contribution in [1.29, 1.82) is 0 Å². The zero-order valence-corrected chi connectivity index (χ0v) is 25.7. The number of aryl methyl sites for hydroxylation is 1. The monoisotopic (exact) mass is 646 g/mol. The van der Waals surface area contributed by atoms with Crippen LogP contribution in [0.4, 0.5) is 11.8 Å². The van der Waals surface area contributed by atoms with Crippen LogP contribution >= 0.6 is 0 Å². The number of ether oxygens (including phenoxy) is 1. The SMILES string of the molecule is CCNC(=O)[C@H]1O[C@@H](n2cnc3c(N)nc(NCCc4ccc(CCC(=O)N[C@@H](Cc5ccccc5)C(=O)O)cc4)nc32)[C@H](O)[C@@H]1O. The second-order valence-electron chi connectivity index (χ2n) is 11.2. The number of hydrogen-bond donors (Lipinski definition) is 7. The third-order valence-corrected chi connectivity index (χ3v) is 7.85. The van der Waals surface area contributed by atoms with E-state index < -0.39 is 42.5 Å². The highest BCUT2D eigenvalue weighted by atomic mass is 16.6. The number of nitrogens with one attached hydrogen (secondary N) is 3. The molecule has 2 amide bonds. The molecule has 4 aromatic rings. The molecule has 2 aromatic heterocycles. The third kappa shape index (κ3) is 8.00. The third-order valence-electron chi connectivity index (χ3n) is 7.85. The summed E-state index contributed by atoms with van der Waals surface area (Å²) in [6, 6.07) is 15.9. The van der Waals surface area contributed by atoms with Gasteiger partial charge in [0.1, 0.15) is 23.8 Å². The number of nitrogens with two attached hydrogens (primary N) is 1. The lowest BCUT2D eigenvalue weighted by molar-refractivity contribution is -0.141. The number of aromatic nitrogens is 4. The van der Waals surface area contributed by atoms with E-state index in [1.807, 2.05) is 54.6 Å². The van der Waals surface area contributed by atoms with Crippen LogP contribution in [0.15, 0.2) is 60.9 Å². The van der Waals surface area contributed by atoms with Gasteiger partial charge in [-0.2, -0.15) is 9.97 Å². The number of benzene rings is 2. The Morgan fingerprint density at radius 1 is 0.979 bits per heavy atom. The summed E-state index contributed by atoms with van der Waals surface area (Å²) in [6.07, 6.45) is -2.43. The van der Waals surface area contributed by atoms with E-state index in [0.29, 0.717) is 25.9 Å². The highest BCUT2D eigenvalue weighted by Gasteiger charge is 2.47. The number of aliphatic hydroxyl groups is 2. The molecule has 1 aliphatic heterocycles. The van der Waals surface area contributed by atoms with Crippen LogP contribution in [0.2, 0.25) is 0 Å². The van der Waals surface area contributed by atoms with Gasteiger partial charge in [0.15, 0.2) is 23.8 Å². The second kappa shape index (κ2) is 15.0. The molecule has 0 spiro atoms. The smallest absolute Gasteiger partial charge is 0.326 e. The van der Waals surface area contributed by atoms with Crippen molar-refractivity contribution < 1.29 is 34.4 Å². The Morgan fingerprint density at radius 3 is 2.36 bits per heavy atom. The average molecular weight is 647 g/mol. The van der Waals surface area contributed by atoms with Gasteiger partial charge >= 0.3 is 5.97 Å². The molecule has 1 fully saturated rings. The number of aliphatic hydroxyl groups excluding tert-OH is 2. The number of imidazole rings is 1. The highest BCUT2D eigenvalue weighted by molar-refractivity contribution is 5.84. The Bertz CT molecular complexity index is 1700. The summed E-state index contributed by atoms with van der Waals surface area (Å²) in [6.45, 7) is 2.53. The van der Waals surface area contributed by atoms with Crippen molar-refractivity contribution in [3.05, 3.63) is 77.6 Å². The zero-order chi connectivity index (χ0) is 33.5. The van der Waals surface area contributed by atoms with Crippen LogP contribution in [-0.4, -0.2) is 90.1 Å². The van der Waals surface area contributed by atoms with E-state index in [-0.39, 0.29) is 41.7 Å². The lowest BCUT2D eigenvalue weighted by Crippen LogP contribution is -2.42. The largest absolute Gasteiger partial charge is 0.480 e. The molecule has 248 valence electrons. The van der Waals surface area contributed by atoms with Gasteiger partial charge < -0.3 is 41.7 Å². The fourth-order valence-electron chi connectivity index (χ4n) is 5.35. The van der Waals surface area contributed by atoms with Crippen LogP contribution < -0.4 is 21.7 Å². The van der Waals surface area contributed by atoms with Crippen LogP contribution in [0, 0.1) is 0 Å². The van der Waals surface area contributed by atoms with E-state index in [1.165, 1.54) is 10.9 Å². The fourth-order valence-corrected chi connectivity index (χ4v) is 5.35. The quantitative estimate of drug-likeness (QED) is 0.0998.